The second kappa shape index (κ2) is 8.37. The first-order valence-corrected chi connectivity index (χ1v) is 8.03. The largest absolute Gasteiger partial charge is 0.385 e. The number of aliphatic hydroxyl groups is 2. The summed E-state index contributed by atoms with van der Waals surface area (Å²) in [6, 6.07) is 19.5. The third-order valence-electron chi connectivity index (χ3n) is 3.99. The molecule has 0 aliphatic carbocycles. The van der Waals surface area contributed by atoms with Crippen molar-refractivity contribution in [2.45, 2.75) is 37.8 Å². The third kappa shape index (κ3) is 4.41. The summed E-state index contributed by atoms with van der Waals surface area (Å²) in [7, 11) is 0. The average Bonchev–Trinajstić information content (AvgIpc) is 2.89. The second-order valence-corrected chi connectivity index (χ2v) is 5.82. The summed E-state index contributed by atoms with van der Waals surface area (Å²) < 4.78 is 16.8. The first-order chi connectivity index (χ1) is 11.7. The lowest BCUT2D eigenvalue weighted by molar-refractivity contribution is -0.137. The van der Waals surface area contributed by atoms with Gasteiger partial charge in [-0.2, -0.15) is 0 Å². The van der Waals surface area contributed by atoms with E-state index in [1.165, 1.54) is 0 Å². The molecule has 1 fully saturated rings. The lowest BCUT2D eigenvalue weighted by atomic mass is 10.1. The molecule has 5 nitrogen and oxygen atoms in total. The molecule has 0 saturated carbocycles. The quantitative estimate of drug-likeness (QED) is 0.811. The predicted molar refractivity (Wildman–Crippen MR) is 88.0 cm³/mol. The van der Waals surface area contributed by atoms with Gasteiger partial charge in [-0.15, -0.1) is 0 Å². The highest BCUT2D eigenvalue weighted by Crippen LogP contribution is 2.24. The van der Waals surface area contributed by atoms with Crippen LogP contribution in [0.1, 0.15) is 11.1 Å². The summed E-state index contributed by atoms with van der Waals surface area (Å²) >= 11 is 0. The van der Waals surface area contributed by atoms with Crippen LogP contribution in [0.15, 0.2) is 60.7 Å². The molecule has 4 atom stereocenters. The van der Waals surface area contributed by atoms with Crippen molar-refractivity contribution in [1.82, 2.24) is 0 Å². The van der Waals surface area contributed by atoms with E-state index in [2.05, 4.69) is 0 Å². The number of hydrogen-bond acceptors (Lipinski definition) is 5. The van der Waals surface area contributed by atoms with Gasteiger partial charge in [0.05, 0.1) is 19.8 Å². The maximum atomic E-state index is 10.1. The van der Waals surface area contributed by atoms with E-state index in [9.17, 15) is 10.2 Å². The van der Waals surface area contributed by atoms with E-state index in [1.807, 2.05) is 60.7 Å². The Bertz CT molecular complexity index is 604. The molecule has 24 heavy (non-hydrogen) atoms. The van der Waals surface area contributed by atoms with Gasteiger partial charge in [0, 0.05) is 0 Å². The predicted octanol–water partition coefficient (Wildman–Crippen LogP) is 1.87. The van der Waals surface area contributed by atoms with Crippen LogP contribution in [0.5, 0.6) is 0 Å². The van der Waals surface area contributed by atoms with Crippen LogP contribution in [-0.4, -0.2) is 41.4 Å². The van der Waals surface area contributed by atoms with Crippen LogP contribution in [0.4, 0.5) is 0 Å². The van der Waals surface area contributed by atoms with Crippen molar-refractivity contribution < 1.29 is 24.4 Å². The van der Waals surface area contributed by atoms with Crippen molar-refractivity contribution in [1.29, 1.82) is 0 Å². The average molecular weight is 330 g/mol. The molecule has 0 radical (unpaired) electrons. The Kier molecular flexibility index (Phi) is 5.96. The molecule has 0 aromatic heterocycles. The van der Waals surface area contributed by atoms with Gasteiger partial charge in [-0.05, 0) is 11.1 Å². The Hall–Kier alpha value is -1.76. The summed E-state index contributed by atoms with van der Waals surface area (Å²) in [4.78, 5) is 0. The minimum Gasteiger partial charge on any atom is -0.385 e. The van der Waals surface area contributed by atoms with Crippen molar-refractivity contribution in [3.8, 4) is 0 Å². The van der Waals surface area contributed by atoms with E-state index >= 15 is 0 Å². The highest BCUT2D eigenvalue weighted by Gasteiger charge is 2.43. The van der Waals surface area contributed by atoms with Gasteiger partial charge in [0.25, 0.3) is 0 Å². The van der Waals surface area contributed by atoms with Crippen LogP contribution in [0.3, 0.4) is 0 Å². The summed E-state index contributed by atoms with van der Waals surface area (Å²) in [5, 5.41) is 19.8. The highest BCUT2D eigenvalue weighted by molar-refractivity contribution is 5.14. The molecule has 0 spiro atoms. The van der Waals surface area contributed by atoms with Gasteiger partial charge < -0.3 is 24.4 Å². The van der Waals surface area contributed by atoms with Crippen molar-refractivity contribution in [3.63, 3.8) is 0 Å². The first kappa shape index (κ1) is 17.1. The van der Waals surface area contributed by atoms with Gasteiger partial charge in [0.1, 0.15) is 18.3 Å². The number of aliphatic hydroxyl groups excluding tert-OH is 2. The normalized spacial score (nSPS) is 26.6. The number of benzene rings is 2. The Morgan fingerprint density at radius 3 is 2.04 bits per heavy atom. The van der Waals surface area contributed by atoms with E-state index in [-0.39, 0.29) is 6.61 Å². The standard InChI is InChI=1S/C19H22O5/c20-17-18(23-12-15-9-5-2-6-10-15)16(24-19(17)21)13-22-11-14-7-3-1-4-8-14/h1-10,16-21H,11-13H2. The molecule has 4 unspecified atom stereocenters. The fourth-order valence-corrected chi connectivity index (χ4v) is 2.69. The Labute approximate surface area is 141 Å². The lowest BCUT2D eigenvalue weighted by Gasteiger charge is -2.20. The minimum absolute atomic E-state index is 0.239. The molecule has 2 N–H and O–H groups in total. The van der Waals surface area contributed by atoms with Crippen molar-refractivity contribution in [2.75, 3.05) is 6.61 Å². The molecular weight excluding hydrogens is 308 g/mol. The minimum atomic E-state index is -1.25. The van der Waals surface area contributed by atoms with E-state index in [0.29, 0.717) is 13.2 Å². The zero-order valence-corrected chi connectivity index (χ0v) is 13.3. The maximum Gasteiger partial charge on any atom is 0.184 e. The van der Waals surface area contributed by atoms with Gasteiger partial charge in [-0.25, -0.2) is 0 Å². The number of rotatable bonds is 7. The van der Waals surface area contributed by atoms with Crippen LogP contribution in [0.2, 0.25) is 0 Å². The smallest absolute Gasteiger partial charge is 0.184 e. The molecule has 3 rings (SSSR count). The molecule has 0 amide bonds. The Morgan fingerprint density at radius 2 is 1.42 bits per heavy atom. The van der Waals surface area contributed by atoms with E-state index < -0.39 is 24.6 Å². The molecule has 2 aromatic rings. The highest BCUT2D eigenvalue weighted by atomic mass is 16.7. The van der Waals surface area contributed by atoms with Gasteiger partial charge in [-0.1, -0.05) is 60.7 Å². The zero-order chi connectivity index (χ0) is 16.8. The summed E-state index contributed by atoms with van der Waals surface area (Å²) in [6.07, 6.45) is -3.48. The van der Waals surface area contributed by atoms with Gasteiger partial charge in [-0.3, -0.25) is 0 Å². The number of hydrogen-bond donors (Lipinski definition) is 2. The molecule has 1 aliphatic heterocycles. The Balaban J connectivity index is 1.52. The summed E-state index contributed by atoms with van der Waals surface area (Å²) in [5.41, 5.74) is 2.05. The van der Waals surface area contributed by atoms with Crippen molar-refractivity contribution in [2.24, 2.45) is 0 Å². The summed E-state index contributed by atoms with van der Waals surface area (Å²) in [5.74, 6) is 0. The van der Waals surface area contributed by atoms with Crippen LogP contribution in [0.25, 0.3) is 0 Å². The lowest BCUT2D eigenvalue weighted by Crippen LogP contribution is -2.37. The number of ether oxygens (including phenoxy) is 3. The van der Waals surface area contributed by atoms with E-state index in [0.717, 1.165) is 11.1 Å². The molecular formula is C19H22O5. The van der Waals surface area contributed by atoms with E-state index in [1.54, 1.807) is 0 Å². The zero-order valence-electron chi connectivity index (χ0n) is 13.3. The Morgan fingerprint density at radius 1 is 0.833 bits per heavy atom. The SMILES string of the molecule is OC1OC(COCc2ccccc2)C(OCc2ccccc2)C1O. The first-order valence-electron chi connectivity index (χ1n) is 8.03. The fraction of sp³-hybridized carbons (Fsp3) is 0.368. The molecule has 0 bridgehead atoms. The van der Waals surface area contributed by atoms with Gasteiger partial charge >= 0.3 is 0 Å². The topological polar surface area (TPSA) is 68.2 Å². The second-order valence-electron chi connectivity index (χ2n) is 5.82. The van der Waals surface area contributed by atoms with Crippen LogP contribution >= 0.6 is 0 Å². The van der Waals surface area contributed by atoms with Crippen LogP contribution < -0.4 is 0 Å². The molecule has 1 heterocycles. The monoisotopic (exact) mass is 330 g/mol. The molecule has 1 saturated heterocycles. The fourth-order valence-electron chi connectivity index (χ4n) is 2.69. The summed E-state index contributed by atoms with van der Waals surface area (Å²) in [6.45, 7) is 1.02. The molecule has 128 valence electrons. The van der Waals surface area contributed by atoms with Crippen LogP contribution in [-0.2, 0) is 27.4 Å². The van der Waals surface area contributed by atoms with Crippen LogP contribution in [0, 0.1) is 0 Å². The van der Waals surface area contributed by atoms with Crippen molar-refractivity contribution >= 4 is 0 Å². The molecule has 2 aromatic carbocycles. The molecule has 5 heteroatoms. The van der Waals surface area contributed by atoms with E-state index in [4.69, 9.17) is 14.2 Å². The maximum absolute atomic E-state index is 10.1. The van der Waals surface area contributed by atoms with Gasteiger partial charge in [0.2, 0.25) is 0 Å². The molecule has 1 aliphatic rings. The van der Waals surface area contributed by atoms with Crippen molar-refractivity contribution in [3.05, 3.63) is 71.8 Å². The third-order valence-corrected chi connectivity index (χ3v) is 3.99. The van der Waals surface area contributed by atoms with Gasteiger partial charge in [0.15, 0.2) is 6.29 Å².